The van der Waals surface area contributed by atoms with Crippen molar-refractivity contribution in [3.63, 3.8) is 0 Å². The summed E-state index contributed by atoms with van der Waals surface area (Å²) in [5.74, 6) is 0.558. The van der Waals surface area contributed by atoms with Crippen molar-refractivity contribution >= 4 is 33.2 Å². The van der Waals surface area contributed by atoms with Crippen molar-refractivity contribution in [2.45, 2.75) is 24.7 Å². The molecule has 0 unspecified atom stereocenters. The Morgan fingerprint density at radius 1 is 1.03 bits per heavy atom. The summed E-state index contributed by atoms with van der Waals surface area (Å²) in [5.41, 5.74) is 0.521. The zero-order valence-electron chi connectivity index (χ0n) is 19.1. The fourth-order valence-electron chi connectivity index (χ4n) is 3.82. The van der Waals surface area contributed by atoms with Crippen LogP contribution in [-0.2, 0) is 10.0 Å². The van der Waals surface area contributed by atoms with Gasteiger partial charge in [0, 0.05) is 31.3 Å². The summed E-state index contributed by atoms with van der Waals surface area (Å²) in [4.78, 5) is 17.3. The first-order chi connectivity index (χ1) is 15.8. The normalized spacial score (nSPS) is 15.1. The number of anilines is 1. The van der Waals surface area contributed by atoms with Crippen LogP contribution in [0.4, 0.5) is 5.69 Å². The van der Waals surface area contributed by atoms with Crippen LogP contribution >= 0.6 is 11.6 Å². The van der Waals surface area contributed by atoms with Crippen LogP contribution in [0.3, 0.4) is 0 Å². The molecule has 1 N–H and O–H groups in total. The topological polar surface area (TPSA) is 88.2 Å². The van der Waals surface area contributed by atoms with E-state index in [2.05, 4.69) is 16.5 Å². The summed E-state index contributed by atoms with van der Waals surface area (Å²) in [6.45, 7) is 6.25. The van der Waals surface area contributed by atoms with Crippen molar-refractivity contribution in [1.29, 1.82) is 0 Å². The van der Waals surface area contributed by atoms with Gasteiger partial charge in [0.2, 0.25) is 0 Å². The number of carbonyl (C=O) groups excluding carboxylic acids is 1. The van der Waals surface area contributed by atoms with Crippen molar-refractivity contribution < 1.29 is 22.7 Å². The standard InChI is InChI=1S/C23H30ClN3O5S/c1-4-10-26-11-5-12-27(14-13-26)23(28)17-6-8-19(24)20(15-17)25-33(29,30)18-7-9-21(31-2)22(16-18)32-3/h6-9,15-16,25H,4-5,10-14H2,1-3H3. The van der Waals surface area contributed by atoms with E-state index in [1.807, 2.05) is 4.90 Å². The molecular weight excluding hydrogens is 466 g/mol. The Labute approximate surface area is 200 Å². The van der Waals surface area contributed by atoms with Crippen LogP contribution in [0.5, 0.6) is 11.5 Å². The molecule has 2 aromatic carbocycles. The Morgan fingerprint density at radius 3 is 2.48 bits per heavy atom. The first-order valence-electron chi connectivity index (χ1n) is 10.8. The van der Waals surface area contributed by atoms with Crippen molar-refractivity contribution in [1.82, 2.24) is 9.80 Å². The van der Waals surface area contributed by atoms with Crippen molar-refractivity contribution in [3.05, 3.63) is 47.0 Å². The third-order valence-electron chi connectivity index (χ3n) is 5.54. The zero-order chi connectivity index (χ0) is 24.0. The molecule has 33 heavy (non-hydrogen) atoms. The van der Waals surface area contributed by atoms with Crippen molar-refractivity contribution in [2.75, 3.05) is 51.7 Å². The molecule has 0 aliphatic carbocycles. The molecule has 1 amide bonds. The van der Waals surface area contributed by atoms with Crippen LogP contribution in [-0.4, -0.2) is 71.1 Å². The maximum atomic E-state index is 13.1. The highest BCUT2D eigenvalue weighted by atomic mass is 35.5. The molecule has 180 valence electrons. The van der Waals surface area contributed by atoms with Gasteiger partial charge in [-0.2, -0.15) is 0 Å². The smallest absolute Gasteiger partial charge is 0.262 e. The van der Waals surface area contributed by atoms with Gasteiger partial charge in [0.25, 0.3) is 15.9 Å². The summed E-state index contributed by atoms with van der Waals surface area (Å²) in [7, 11) is -1.08. The molecule has 0 spiro atoms. The lowest BCUT2D eigenvalue weighted by Crippen LogP contribution is -2.35. The predicted octanol–water partition coefficient (Wildman–Crippen LogP) is 3.72. The molecule has 0 bridgehead atoms. The van der Waals surface area contributed by atoms with E-state index in [9.17, 15) is 13.2 Å². The van der Waals surface area contributed by atoms with Crippen LogP contribution in [0.15, 0.2) is 41.3 Å². The highest BCUT2D eigenvalue weighted by molar-refractivity contribution is 7.92. The minimum absolute atomic E-state index is 0.0171. The molecule has 1 aliphatic heterocycles. The van der Waals surface area contributed by atoms with Crippen molar-refractivity contribution in [2.24, 2.45) is 0 Å². The van der Waals surface area contributed by atoms with E-state index in [1.165, 1.54) is 44.6 Å². The molecule has 0 aromatic heterocycles. The van der Waals surface area contributed by atoms with E-state index < -0.39 is 10.0 Å². The van der Waals surface area contributed by atoms with E-state index in [4.69, 9.17) is 21.1 Å². The second kappa shape index (κ2) is 11.1. The van der Waals surface area contributed by atoms with E-state index >= 15 is 0 Å². The SMILES string of the molecule is CCCN1CCCN(C(=O)c2ccc(Cl)c(NS(=O)(=O)c3ccc(OC)c(OC)c3)c2)CC1. The molecule has 1 fully saturated rings. The first kappa shape index (κ1) is 25.1. The summed E-state index contributed by atoms with van der Waals surface area (Å²) in [6, 6.07) is 8.92. The summed E-state index contributed by atoms with van der Waals surface area (Å²) in [5, 5.41) is 0.195. The molecule has 3 rings (SSSR count). The van der Waals surface area contributed by atoms with Gasteiger partial charge >= 0.3 is 0 Å². The Balaban J connectivity index is 1.81. The Hall–Kier alpha value is -2.49. The number of halogens is 1. The lowest BCUT2D eigenvalue weighted by atomic mass is 10.1. The molecule has 0 atom stereocenters. The number of sulfonamides is 1. The summed E-state index contributed by atoms with van der Waals surface area (Å²) < 4.78 is 38.8. The van der Waals surface area contributed by atoms with Crippen LogP contribution in [0.25, 0.3) is 0 Å². The van der Waals surface area contributed by atoms with Crippen LogP contribution in [0.1, 0.15) is 30.1 Å². The van der Waals surface area contributed by atoms with E-state index in [1.54, 1.807) is 6.07 Å². The minimum Gasteiger partial charge on any atom is -0.493 e. The highest BCUT2D eigenvalue weighted by Gasteiger charge is 2.23. The number of nitrogens with zero attached hydrogens (tertiary/aromatic N) is 2. The number of hydrogen-bond acceptors (Lipinski definition) is 6. The van der Waals surface area contributed by atoms with Gasteiger partial charge in [-0.1, -0.05) is 18.5 Å². The monoisotopic (exact) mass is 495 g/mol. The second-order valence-electron chi connectivity index (χ2n) is 7.80. The Morgan fingerprint density at radius 2 is 1.79 bits per heavy atom. The maximum Gasteiger partial charge on any atom is 0.262 e. The van der Waals surface area contributed by atoms with Crippen LogP contribution in [0, 0.1) is 0 Å². The highest BCUT2D eigenvalue weighted by Crippen LogP contribution is 2.31. The Kier molecular flexibility index (Phi) is 8.45. The quantitative estimate of drug-likeness (QED) is 0.600. The lowest BCUT2D eigenvalue weighted by molar-refractivity contribution is 0.0761. The predicted molar refractivity (Wildman–Crippen MR) is 129 cm³/mol. The first-order valence-corrected chi connectivity index (χ1v) is 12.7. The largest absolute Gasteiger partial charge is 0.493 e. The van der Waals surface area contributed by atoms with E-state index in [0.29, 0.717) is 24.4 Å². The number of hydrogen-bond donors (Lipinski definition) is 1. The number of ether oxygens (including phenoxy) is 2. The zero-order valence-corrected chi connectivity index (χ0v) is 20.7. The molecule has 1 saturated heterocycles. The van der Waals surface area contributed by atoms with Gasteiger partial charge in [0.15, 0.2) is 11.5 Å². The maximum absolute atomic E-state index is 13.1. The number of rotatable bonds is 8. The summed E-state index contributed by atoms with van der Waals surface area (Å²) >= 11 is 6.26. The fraction of sp³-hybridized carbons (Fsp3) is 0.435. The van der Waals surface area contributed by atoms with Gasteiger partial charge in [0.05, 0.1) is 29.8 Å². The third kappa shape index (κ3) is 6.10. The van der Waals surface area contributed by atoms with Gasteiger partial charge in [-0.25, -0.2) is 8.42 Å². The number of carbonyl (C=O) groups is 1. The summed E-state index contributed by atoms with van der Waals surface area (Å²) in [6.07, 6.45) is 1.98. The molecule has 8 nitrogen and oxygen atoms in total. The second-order valence-corrected chi connectivity index (χ2v) is 9.89. The van der Waals surface area contributed by atoms with Gasteiger partial charge in [-0.05, 0) is 56.3 Å². The number of benzene rings is 2. The average molecular weight is 496 g/mol. The average Bonchev–Trinajstić information content (AvgIpc) is 3.05. The molecule has 0 saturated carbocycles. The van der Waals surface area contributed by atoms with E-state index in [-0.39, 0.29) is 27.3 Å². The lowest BCUT2D eigenvalue weighted by Gasteiger charge is -2.22. The third-order valence-corrected chi connectivity index (χ3v) is 7.23. The van der Waals surface area contributed by atoms with Crippen molar-refractivity contribution in [3.8, 4) is 11.5 Å². The van der Waals surface area contributed by atoms with Crippen LogP contribution in [0.2, 0.25) is 5.02 Å². The van der Waals surface area contributed by atoms with Gasteiger partial charge in [0.1, 0.15) is 0 Å². The fourth-order valence-corrected chi connectivity index (χ4v) is 5.13. The van der Waals surface area contributed by atoms with Crippen LogP contribution < -0.4 is 14.2 Å². The van der Waals surface area contributed by atoms with E-state index in [0.717, 1.165) is 32.5 Å². The van der Waals surface area contributed by atoms with Gasteiger partial charge in [-0.15, -0.1) is 0 Å². The number of methoxy groups -OCH3 is 2. The number of amides is 1. The molecule has 1 heterocycles. The molecule has 2 aromatic rings. The molecule has 0 radical (unpaired) electrons. The van der Waals surface area contributed by atoms with Gasteiger partial charge < -0.3 is 19.3 Å². The minimum atomic E-state index is -3.98. The van der Waals surface area contributed by atoms with Gasteiger partial charge in [-0.3, -0.25) is 9.52 Å². The number of nitrogens with one attached hydrogen (secondary N) is 1. The molecular formula is C23H30ClN3O5S. The molecule has 10 heteroatoms. The Bertz CT molecular complexity index is 1090. The molecule has 1 aliphatic rings.